The molecule has 1 heterocycles. The molecule has 1 aliphatic heterocycles. The van der Waals surface area contributed by atoms with Crippen LogP contribution in [0.25, 0.3) is 0 Å². The number of nitrogens with zero attached hydrogens (tertiary/aromatic N) is 1. The Morgan fingerprint density at radius 2 is 2.00 bits per heavy atom. The molecular weight excluding hydrogens is 282 g/mol. The standard InChI is InChI=1S/C16H23N3O3/c1-11-9-19(10-12(2)18-11)15(20)6-7-22-14-5-3-4-13(8-14)16(17)21/h3-5,8,11-12,18H,6-7,9-10H2,1-2H3,(H2,17,21)/t11-,12-/m0/s1. The number of hydrogen-bond acceptors (Lipinski definition) is 4. The molecule has 1 aromatic rings. The SMILES string of the molecule is C[C@H]1CN(C(=O)CCOc2cccc(C(N)=O)c2)C[C@H](C)N1. The van der Waals surface area contributed by atoms with Crippen molar-refractivity contribution in [2.24, 2.45) is 5.73 Å². The van der Waals surface area contributed by atoms with Gasteiger partial charge in [0.15, 0.2) is 0 Å². The summed E-state index contributed by atoms with van der Waals surface area (Å²) in [5.74, 6) is 0.141. The number of nitrogens with one attached hydrogen (secondary N) is 1. The molecule has 2 atom stereocenters. The second kappa shape index (κ2) is 7.26. The summed E-state index contributed by atoms with van der Waals surface area (Å²) in [5, 5.41) is 3.39. The number of carbonyl (C=O) groups is 2. The lowest BCUT2D eigenvalue weighted by molar-refractivity contribution is -0.133. The number of carbonyl (C=O) groups excluding carboxylic acids is 2. The van der Waals surface area contributed by atoms with Gasteiger partial charge in [-0.15, -0.1) is 0 Å². The van der Waals surface area contributed by atoms with E-state index in [1.807, 2.05) is 4.90 Å². The third-order valence-electron chi connectivity index (χ3n) is 3.61. The van der Waals surface area contributed by atoms with Crippen molar-refractivity contribution < 1.29 is 14.3 Å². The molecule has 0 unspecified atom stereocenters. The quantitative estimate of drug-likeness (QED) is 0.841. The minimum absolute atomic E-state index is 0.0891. The smallest absolute Gasteiger partial charge is 0.248 e. The average Bonchev–Trinajstić information content (AvgIpc) is 2.46. The Balaban J connectivity index is 1.82. The van der Waals surface area contributed by atoms with E-state index in [1.165, 1.54) is 0 Å². The average molecular weight is 305 g/mol. The second-order valence-electron chi connectivity index (χ2n) is 5.76. The van der Waals surface area contributed by atoms with Crippen LogP contribution < -0.4 is 15.8 Å². The van der Waals surface area contributed by atoms with E-state index in [2.05, 4.69) is 19.2 Å². The van der Waals surface area contributed by atoms with Crippen molar-refractivity contribution >= 4 is 11.8 Å². The lowest BCUT2D eigenvalue weighted by Gasteiger charge is -2.36. The van der Waals surface area contributed by atoms with Gasteiger partial charge >= 0.3 is 0 Å². The predicted octanol–water partition coefficient (Wildman–Crippen LogP) is 0.763. The molecule has 0 aliphatic carbocycles. The molecule has 1 aliphatic rings. The summed E-state index contributed by atoms with van der Waals surface area (Å²) in [6, 6.07) is 7.27. The summed E-state index contributed by atoms with van der Waals surface area (Å²) in [6.07, 6.45) is 0.320. The van der Waals surface area contributed by atoms with Gasteiger partial charge in [0.1, 0.15) is 5.75 Å². The van der Waals surface area contributed by atoms with E-state index in [-0.39, 0.29) is 12.5 Å². The molecule has 22 heavy (non-hydrogen) atoms. The van der Waals surface area contributed by atoms with Gasteiger partial charge in [0, 0.05) is 30.7 Å². The van der Waals surface area contributed by atoms with Gasteiger partial charge in [-0.3, -0.25) is 9.59 Å². The van der Waals surface area contributed by atoms with E-state index < -0.39 is 5.91 Å². The van der Waals surface area contributed by atoms with Gasteiger partial charge in [0.2, 0.25) is 11.8 Å². The molecular formula is C16H23N3O3. The van der Waals surface area contributed by atoms with Crippen LogP contribution in [0.2, 0.25) is 0 Å². The van der Waals surface area contributed by atoms with E-state index in [0.29, 0.717) is 29.8 Å². The molecule has 2 amide bonds. The zero-order chi connectivity index (χ0) is 16.1. The Morgan fingerprint density at radius 3 is 2.64 bits per heavy atom. The third kappa shape index (κ3) is 4.46. The van der Waals surface area contributed by atoms with Crippen LogP contribution in [0, 0.1) is 0 Å². The Bertz CT molecular complexity index is 537. The Hall–Kier alpha value is -2.08. The number of rotatable bonds is 5. The molecule has 0 radical (unpaired) electrons. The van der Waals surface area contributed by atoms with Gasteiger partial charge in [-0.2, -0.15) is 0 Å². The summed E-state index contributed by atoms with van der Waals surface area (Å²) in [5.41, 5.74) is 5.62. The second-order valence-corrected chi connectivity index (χ2v) is 5.76. The zero-order valence-corrected chi connectivity index (χ0v) is 13.0. The van der Waals surface area contributed by atoms with Crippen LogP contribution in [0.15, 0.2) is 24.3 Å². The van der Waals surface area contributed by atoms with E-state index in [4.69, 9.17) is 10.5 Å². The molecule has 0 spiro atoms. The lowest BCUT2D eigenvalue weighted by Crippen LogP contribution is -2.56. The number of primary amides is 1. The number of hydrogen-bond donors (Lipinski definition) is 2. The number of nitrogens with two attached hydrogens (primary N) is 1. The van der Waals surface area contributed by atoms with Crippen molar-refractivity contribution in [3.63, 3.8) is 0 Å². The maximum atomic E-state index is 12.2. The molecule has 0 aromatic heterocycles. The maximum Gasteiger partial charge on any atom is 0.248 e. The van der Waals surface area contributed by atoms with Gasteiger partial charge in [-0.05, 0) is 32.0 Å². The van der Waals surface area contributed by atoms with E-state index in [0.717, 1.165) is 13.1 Å². The Kier molecular flexibility index (Phi) is 5.38. The summed E-state index contributed by atoms with van der Waals surface area (Å²) in [6.45, 7) is 5.87. The molecule has 6 heteroatoms. The first-order valence-corrected chi connectivity index (χ1v) is 7.52. The minimum atomic E-state index is -0.495. The molecule has 3 N–H and O–H groups in total. The van der Waals surface area contributed by atoms with Crippen LogP contribution in [0.1, 0.15) is 30.6 Å². The molecule has 0 bridgehead atoms. The summed E-state index contributed by atoms with van der Waals surface area (Å²) in [7, 11) is 0. The number of ether oxygens (including phenoxy) is 1. The topological polar surface area (TPSA) is 84.7 Å². The molecule has 1 fully saturated rings. The molecule has 0 saturated carbocycles. The zero-order valence-electron chi connectivity index (χ0n) is 13.0. The van der Waals surface area contributed by atoms with Crippen molar-refractivity contribution in [2.75, 3.05) is 19.7 Å². The first-order valence-electron chi connectivity index (χ1n) is 7.52. The monoisotopic (exact) mass is 305 g/mol. The fourth-order valence-electron chi connectivity index (χ4n) is 2.68. The molecule has 6 nitrogen and oxygen atoms in total. The van der Waals surface area contributed by atoms with Gasteiger partial charge in [-0.25, -0.2) is 0 Å². The van der Waals surface area contributed by atoms with Crippen molar-refractivity contribution in [1.29, 1.82) is 0 Å². The van der Waals surface area contributed by atoms with Gasteiger partial charge in [0.25, 0.3) is 0 Å². The largest absolute Gasteiger partial charge is 0.493 e. The number of piperazine rings is 1. The van der Waals surface area contributed by atoms with Gasteiger partial charge < -0.3 is 20.7 Å². The van der Waals surface area contributed by atoms with Crippen LogP contribution in [-0.4, -0.2) is 48.5 Å². The van der Waals surface area contributed by atoms with Gasteiger partial charge in [0.05, 0.1) is 13.0 Å². The third-order valence-corrected chi connectivity index (χ3v) is 3.61. The van der Waals surface area contributed by atoms with Crippen molar-refractivity contribution in [3.05, 3.63) is 29.8 Å². The van der Waals surface area contributed by atoms with Crippen LogP contribution in [0.5, 0.6) is 5.75 Å². The molecule has 2 rings (SSSR count). The Morgan fingerprint density at radius 1 is 1.32 bits per heavy atom. The summed E-state index contributed by atoms with van der Waals surface area (Å²) in [4.78, 5) is 25.2. The predicted molar refractivity (Wildman–Crippen MR) is 83.7 cm³/mol. The normalized spacial score (nSPS) is 21.5. The van der Waals surface area contributed by atoms with Crippen molar-refractivity contribution in [2.45, 2.75) is 32.4 Å². The van der Waals surface area contributed by atoms with Crippen molar-refractivity contribution in [3.8, 4) is 5.75 Å². The molecule has 120 valence electrons. The fraction of sp³-hybridized carbons (Fsp3) is 0.500. The fourth-order valence-corrected chi connectivity index (χ4v) is 2.68. The van der Waals surface area contributed by atoms with Gasteiger partial charge in [-0.1, -0.05) is 6.07 Å². The highest BCUT2D eigenvalue weighted by atomic mass is 16.5. The highest BCUT2D eigenvalue weighted by Gasteiger charge is 2.24. The van der Waals surface area contributed by atoms with E-state index in [9.17, 15) is 9.59 Å². The van der Waals surface area contributed by atoms with Crippen LogP contribution in [0.3, 0.4) is 0 Å². The lowest BCUT2D eigenvalue weighted by atomic mass is 10.1. The Labute approximate surface area is 130 Å². The molecule has 1 aromatic carbocycles. The van der Waals surface area contributed by atoms with Crippen LogP contribution in [0.4, 0.5) is 0 Å². The van der Waals surface area contributed by atoms with Crippen molar-refractivity contribution in [1.82, 2.24) is 10.2 Å². The van der Waals surface area contributed by atoms with E-state index >= 15 is 0 Å². The first-order chi connectivity index (χ1) is 10.5. The highest BCUT2D eigenvalue weighted by Crippen LogP contribution is 2.13. The van der Waals surface area contributed by atoms with Crippen LogP contribution in [-0.2, 0) is 4.79 Å². The highest BCUT2D eigenvalue weighted by molar-refractivity contribution is 5.93. The molecule has 1 saturated heterocycles. The maximum absolute atomic E-state index is 12.2. The summed E-state index contributed by atoms with van der Waals surface area (Å²) >= 11 is 0. The summed E-state index contributed by atoms with van der Waals surface area (Å²) < 4.78 is 5.54. The minimum Gasteiger partial charge on any atom is -0.493 e. The number of amides is 2. The number of benzene rings is 1. The van der Waals surface area contributed by atoms with Crippen LogP contribution >= 0.6 is 0 Å². The van der Waals surface area contributed by atoms with E-state index in [1.54, 1.807) is 24.3 Å². The first kappa shape index (κ1) is 16.3.